The van der Waals surface area contributed by atoms with Crippen molar-refractivity contribution in [1.29, 1.82) is 0 Å². The highest BCUT2D eigenvalue weighted by Gasteiger charge is 2.34. The lowest BCUT2D eigenvalue weighted by atomic mass is 9.98. The first-order valence-corrected chi connectivity index (χ1v) is 8.50. The van der Waals surface area contributed by atoms with Gasteiger partial charge in [-0.15, -0.1) is 0 Å². The molecule has 0 spiro atoms. The van der Waals surface area contributed by atoms with Gasteiger partial charge in [0.15, 0.2) is 0 Å². The molecule has 5 heteroatoms. The molecule has 1 aromatic heterocycles. The van der Waals surface area contributed by atoms with Gasteiger partial charge >= 0.3 is 5.97 Å². The monoisotopic (exact) mass is 327 g/mol. The third-order valence-corrected chi connectivity index (χ3v) is 4.12. The summed E-state index contributed by atoms with van der Waals surface area (Å²) in [4.78, 5) is 17.5. The van der Waals surface area contributed by atoms with E-state index < -0.39 is 5.60 Å². The number of rotatable bonds is 3. The molecule has 0 bridgehead atoms. The summed E-state index contributed by atoms with van der Waals surface area (Å²) < 4.78 is 7.79. The van der Waals surface area contributed by atoms with Crippen LogP contribution in [0.5, 0.6) is 0 Å². The highest BCUT2D eigenvalue weighted by atomic mass is 16.6. The van der Waals surface area contributed by atoms with E-state index in [0.717, 1.165) is 35.5 Å². The van der Waals surface area contributed by atoms with Crippen molar-refractivity contribution in [3.8, 4) is 0 Å². The molecule has 3 rings (SSSR count). The van der Waals surface area contributed by atoms with Crippen LogP contribution in [-0.2, 0) is 9.53 Å². The molecule has 5 nitrogen and oxygen atoms in total. The quantitative estimate of drug-likeness (QED) is 0.848. The molecule has 24 heavy (non-hydrogen) atoms. The second kappa shape index (κ2) is 5.96. The van der Waals surface area contributed by atoms with Crippen LogP contribution in [0.1, 0.15) is 53.5 Å². The SMILES string of the molecule is CCCC1C(C(=O)OC(C)(C)C)=C(C)Nc2nc3ccccc3n21. The van der Waals surface area contributed by atoms with Gasteiger partial charge in [0, 0.05) is 5.70 Å². The summed E-state index contributed by atoms with van der Waals surface area (Å²) in [5, 5.41) is 3.29. The minimum Gasteiger partial charge on any atom is -0.457 e. The predicted octanol–water partition coefficient (Wildman–Crippen LogP) is 4.42. The number of allylic oxidation sites excluding steroid dienone is 1. The van der Waals surface area contributed by atoms with Gasteiger partial charge in [-0.2, -0.15) is 0 Å². The number of hydrogen-bond acceptors (Lipinski definition) is 4. The van der Waals surface area contributed by atoms with E-state index in [9.17, 15) is 4.79 Å². The fourth-order valence-electron chi connectivity index (χ4n) is 3.23. The Labute approximate surface area is 142 Å². The van der Waals surface area contributed by atoms with Crippen LogP contribution in [0.25, 0.3) is 11.0 Å². The summed E-state index contributed by atoms with van der Waals surface area (Å²) in [6.45, 7) is 9.73. The Morgan fingerprint density at radius 3 is 2.71 bits per heavy atom. The van der Waals surface area contributed by atoms with Crippen molar-refractivity contribution in [2.24, 2.45) is 0 Å². The smallest absolute Gasteiger partial charge is 0.338 e. The zero-order valence-corrected chi connectivity index (χ0v) is 15.0. The second-order valence-corrected chi connectivity index (χ2v) is 7.26. The van der Waals surface area contributed by atoms with Crippen LogP contribution in [0, 0.1) is 0 Å². The fourth-order valence-corrected chi connectivity index (χ4v) is 3.23. The fraction of sp³-hybridized carbons (Fsp3) is 0.474. The first kappa shape index (κ1) is 16.6. The number of esters is 1. The number of anilines is 1. The number of aromatic nitrogens is 2. The second-order valence-electron chi connectivity index (χ2n) is 7.26. The van der Waals surface area contributed by atoms with E-state index >= 15 is 0 Å². The minimum atomic E-state index is -0.515. The molecular weight excluding hydrogens is 302 g/mol. The number of ether oxygens (including phenoxy) is 1. The van der Waals surface area contributed by atoms with Gasteiger partial charge in [0.2, 0.25) is 5.95 Å². The lowest BCUT2D eigenvalue weighted by Gasteiger charge is -2.31. The summed E-state index contributed by atoms with van der Waals surface area (Å²) in [6, 6.07) is 7.95. The third kappa shape index (κ3) is 2.90. The zero-order valence-electron chi connectivity index (χ0n) is 15.0. The Hall–Kier alpha value is -2.30. The predicted molar refractivity (Wildman–Crippen MR) is 95.8 cm³/mol. The number of carbonyl (C=O) groups is 1. The molecule has 2 aromatic rings. The van der Waals surface area contributed by atoms with Gasteiger partial charge in [-0.05, 0) is 46.2 Å². The summed E-state index contributed by atoms with van der Waals surface area (Å²) in [7, 11) is 0. The van der Waals surface area contributed by atoms with E-state index in [4.69, 9.17) is 4.74 Å². The summed E-state index contributed by atoms with van der Waals surface area (Å²) in [5.41, 5.74) is 2.97. The maximum Gasteiger partial charge on any atom is 0.338 e. The molecule has 0 saturated heterocycles. The van der Waals surface area contributed by atoms with Crippen LogP contribution < -0.4 is 5.32 Å². The molecule has 0 aliphatic carbocycles. The van der Waals surface area contributed by atoms with Gasteiger partial charge in [0.25, 0.3) is 0 Å². The Kier molecular flexibility index (Phi) is 4.11. The topological polar surface area (TPSA) is 56.1 Å². The summed E-state index contributed by atoms with van der Waals surface area (Å²) in [6.07, 6.45) is 1.83. The van der Waals surface area contributed by atoms with Gasteiger partial charge < -0.3 is 14.6 Å². The lowest BCUT2D eigenvalue weighted by Crippen LogP contribution is -2.32. The maximum absolute atomic E-state index is 12.8. The van der Waals surface area contributed by atoms with Gasteiger partial charge in [-0.25, -0.2) is 9.78 Å². The molecule has 1 aliphatic heterocycles. The average Bonchev–Trinajstić information content (AvgIpc) is 2.83. The van der Waals surface area contributed by atoms with Crippen LogP contribution >= 0.6 is 0 Å². The number of hydrogen-bond donors (Lipinski definition) is 1. The standard InChI is InChI=1S/C19H25N3O2/c1-6-9-15-16(17(23)24-19(3,4)5)12(2)20-18-21-13-10-7-8-11-14(13)22(15)18/h7-8,10-11,15H,6,9H2,1-5H3,(H,20,21). The van der Waals surface area contributed by atoms with Gasteiger partial charge in [-0.3, -0.25) is 0 Å². The van der Waals surface area contributed by atoms with Crippen molar-refractivity contribution in [3.05, 3.63) is 35.5 Å². The van der Waals surface area contributed by atoms with Crippen LogP contribution in [-0.4, -0.2) is 21.1 Å². The van der Waals surface area contributed by atoms with Crippen molar-refractivity contribution in [3.63, 3.8) is 0 Å². The van der Waals surface area contributed by atoms with E-state index in [0.29, 0.717) is 5.57 Å². The van der Waals surface area contributed by atoms with E-state index in [1.165, 1.54) is 0 Å². The normalized spacial score (nSPS) is 17.6. The Morgan fingerprint density at radius 1 is 1.33 bits per heavy atom. The van der Waals surface area contributed by atoms with E-state index in [-0.39, 0.29) is 12.0 Å². The molecule has 0 amide bonds. The molecule has 128 valence electrons. The number of fused-ring (bicyclic) bond motifs is 3. The van der Waals surface area contributed by atoms with Crippen LogP contribution in [0.4, 0.5) is 5.95 Å². The third-order valence-electron chi connectivity index (χ3n) is 4.12. The molecular formula is C19H25N3O2. The summed E-state index contributed by atoms with van der Waals surface area (Å²) >= 11 is 0. The molecule has 1 aliphatic rings. The number of para-hydroxylation sites is 2. The first-order chi connectivity index (χ1) is 11.3. The van der Waals surface area contributed by atoms with Crippen molar-refractivity contribution in [1.82, 2.24) is 9.55 Å². The molecule has 1 unspecified atom stereocenters. The van der Waals surface area contributed by atoms with Crippen molar-refractivity contribution >= 4 is 23.0 Å². The van der Waals surface area contributed by atoms with Gasteiger partial charge in [-0.1, -0.05) is 25.5 Å². The number of benzene rings is 1. The molecule has 2 heterocycles. The summed E-state index contributed by atoms with van der Waals surface area (Å²) in [5.74, 6) is 0.536. The highest BCUT2D eigenvalue weighted by molar-refractivity contribution is 5.93. The Balaban J connectivity index is 2.10. The number of imidazole rings is 1. The molecule has 0 saturated carbocycles. The van der Waals surface area contributed by atoms with Crippen LogP contribution in [0.3, 0.4) is 0 Å². The number of nitrogens with one attached hydrogen (secondary N) is 1. The van der Waals surface area contributed by atoms with Crippen molar-refractivity contribution < 1.29 is 9.53 Å². The molecule has 0 fully saturated rings. The van der Waals surface area contributed by atoms with E-state index in [2.05, 4.69) is 21.8 Å². The number of nitrogens with zero attached hydrogens (tertiary/aromatic N) is 2. The Morgan fingerprint density at radius 2 is 2.04 bits per heavy atom. The molecule has 1 atom stereocenters. The molecule has 0 radical (unpaired) electrons. The van der Waals surface area contributed by atoms with E-state index in [1.807, 2.05) is 52.0 Å². The number of carbonyl (C=O) groups excluding carboxylic acids is 1. The maximum atomic E-state index is 12.8. The van der Waals surface area contributed by atoms with Crippen molar-refractivity contribution in [2.45, 2.75) is 59.1 Å². The molecule has 1 aromatic carbocycles. The molecule has 1 N–H and O–H groups in total. The van der Waals surface area contributed by atoms with Gasteiger partial charge in [0.1, 0.15) is 5.60 Å². The minimum absolute atomic E-state index is 0.0616. The van der Waals surface area contributed by atoms with Crippen LogP contribution in [0.15, 0.2) is 35.5 Å². The lowest BCUT2D eigenvalue weighted by molar-refractivity contribution is -0.150. The van der Waals surface area contributed by atoms with E-state index in [1.54, 1.807) is 0 Å². The van der Waals surface area contributed by atoms with Gasteiger partial charge in [0.05, 0.1) is 22.6 Å². The highest BCUT2D eigenvalue weighted by Crippen LogP contribution is 2.38. The zero-order chi connectivity index (χ0) is 17.5. The van der Waals surface area contributed by atoms with Crippen LogP contribution in [0.2, 0.25) is 0 Å². The van der Waals surface area contributed by atoms with Crippen molar-refractivity contribution in [2.75, 3.05) is 5.32 Å². The Bertz CT molecular complexity index is 812. The first-order valence-electron chi connectivity index (χ1n) is 8.50. The average molecular weight is 327 g/mol. The largest absolute Gasteiger partial charge is 0.457 e.